The predicted octanol–water partition coefficient (Wildman–Crippen LogP) is 22.7. The summed E-state index contributed by atoms with van der Waals surface area (Å²) in [4.78, 5) is 38.3. The van der Waals surface area contributed by atoms with Crippen LogP contribution in [0.1, 0.15) is 348 Å². The van der Waals surface area contributed by atoms with Crippen LogP contribution < -0.4 is 0 Å². The molecule has 0 amide bonds. The van der Waals surface area contributed by atoms with Crippen molar-refractivity contribution in [2.45, 2.75) is 354 Å². The van der Waals surface area contributed by atoms with Crippen LogP contribution in [-0.2, 0) is 28.6 Å². The number of esters is 3. The molecular formula is C70H126O6. The second-order valence-corrected chi connectivity index (χ2v) is 22.4. The molecule has 0 spiro atoms. The van der Waals surface area contributed by atoms with Gasteiger partial charge in [0.2, 0.25) is 0 Å². The van der Waals surface area contributed by atoms with Gasteiger partial charge in [-0.2, -0.15) is 0 Å². The first-order valence-electron chi connectivity index (χ1n) is 33.3. The molecule has 6 heteroatoms. The van der Waals surface area contributed by atoms with E-state index in [-0.39, 0.29) is 31.1 Å². The minimum atomic E-state index is -0.778. The van der Waals surface area contributed by atoms with E-state index < -0.39 is 6.10 Å². The minimum absolute atomic E-state index is 0.0742. The molecule has 0 saturated heterocycles. The SMILES string of the molecule is CCCCCC/C=C\C/C=C\CCCCCCCCCC(=O)OC(COC(=O)CCCCCCCCCCCCCCC)COC(=O)CCCCCCCCCCCCCC/C=C\C/C=C\C/C=C\CCCCCCC. The molecule has 0 aliphatic carbocycles. The predicted molar refractivity (Wildman–Crippen MR) is 330 cm³/mol. The van der Waals surface area contributed by atoms with Gasteiger partial charge in [0.1, 0.15) is 13.2 Å². The molecule has 442 valence electrons. The van der Waals surface area contributed by atoms with Crippen molar-refractivity contribution in [1.82, 2.24) is 0 Å². The van der Waals surface area contributed by atoms with Crippen LogP contribution in [-0.4, -0.2) is 37.2 Å². The van der Waals surface area contributed by atoms with Gasteiger partial charge in [0.15, 0.2) is 6.10 Å². The number of hydrogen-bond donors (Lipinski definition) is 0. The maximum atomic E-state index is 12.9. The van der Waals surface area contributed by atoms with Crippen LogP contribution in [0.5, 0.6) is 0 Å². The van der Waals surface area contributed by atoms with E-state index >= 15 is 0 Å². The second kappa shape index (κ2) is 64.6. The average molecular weight is 1060 g/mol. The van der Waals surface area contributed by atoms with Gasteiger partial charge in [-0.15, -0.1) is 0 Å². The zero-order valence-electron chi connectivity index (χ0n) is 50.8. The Morgan fingerprint density at radius 2 is 0.474 bits per heavy atom. The molecule has 0 fully saturated rings. The third-order valence-corrected chi connectivity index (χ3v) is 14.7. The van der Waals surface area contributed by atoms with E-state index in [1.807, 2.05) is 0 Å². The maximum Gasteiger partial charge on any atom is 0.306 e. The summed E-state index contributed by atoms with van der Waals surface area (Å²) in [5, 5.41) is 0. The molecule has 1 unspecified atom stereocenters. The van der Waals surface area contributed by atoms with Gasteiger partial charge >= 0.3 is 17.9 Å². The lowest BCUT2D eigenvalue weighted by Gasteiger charge is -2.18. The van der Waals surface area contributed by atoms with Crippen LogP contribution in [0.3, 0.4) is 0 Å². The van der Waals surface area contributed by atoms with Gasteiger partial charge in [-0.1, -0.05) is 300 Å². The summed E-state index contributed by atoms with van der Waals surface area (Å²) in [6.07, 6.45) is 82.3. The Balaban J connectivity index is 4.27. The summed E-state index contributed by atoms with van der Waals surface area (Å²) < 4.78 is 16.9. The third kappa shape index (κ3) is 62.0. The lowest BCUT2D eigenvalue weighted by molar-refractivity contribution is -0.167. The summed E-state index contributed by atoms with van der Waals surface area (Å²) in [6.45, 7) is 6.65. The largest absolute Gasteiger partial charge is 0.462 e. The molecule has 0 aromatic heterocycles. The summed E-state index contributed by atoms with van der Waals surface area (Å²) in [7, 11) is 0. The number of rotatable bonds is 61. The van der Waals surface area contributed by atoms with Gasteiger partial charge in [-0.3, -0.25) is 14.4 Å². The zero-order chi connectivity index (χ0) is 55.0. The van der Waals surface area contributed by atoms with Crippen LogP contribution in [0.4, 0.5) is 0 Å². The first-order chi connectivity index (χ1) is 37.5. The molecule has 0 N–H and O–H groups in total. The molecule has 1 atom stereocenters. The number of allylic oxidation sites excluding steroid dienone is 10. The first-order valence-corrected chi connectivity index (χ1v) is 33.3. The van der Waals surface area contributed by atoms with Crippen molar-refractivity contribution in [3.8, 4) is 0 Å². The minimum Gasteiger partial charge on any atom is -0.462 e. The number of hydrogen-bond acceptors (Lipinski definition) is 6. The highest BCUT2D eigenvalue weighted by molar-refractivity contribution is 5.71. The standard InChI is InChI=1S/C70H126O6/c1-4-7-10-13-16-19-22-25-27-29-31-32-33-34-35-36-37-38-39-41-42-45-48-51-54-57-60-63-69(72)75-66-67(65-74-68(71)62-59-56-53-50-47-44-24-21-18-15-12-9-6-3)76-70(73)64-61-58-55-52-49-46-43-40-30-28-26-23-20-17-14-11-8-5-2/h20,22-23,25,28-31,33-34,67H,4-19,21,24,26-27,32,35-66H2,1-3H3/b23-20-,25-22-,30-28-,31-29-,34-33-. The Kier molecular flexibility index (Phi) is 62.2. The van der Waals surface area contributed by atoms with Crippen LogP contribution in [0, 0.1) is 0 Å². The molecule has 0 rings (SSSR count). The molecule has 0 aromatic rings. The van der Waals surface area contributed by atoms with E-state index in [2.05, 4.69) is 81.5 Å². The van der Waals surface area contributed by atoms with Gasteiger partial charge in [0.25, 0.3) is 0 Å². The lowest BCUT2D eigenvalue weighted by Crippen LogP contribution is -2.30. The van der Waals surface area contributed by atoms with Gasteiger partial charge < -0.3 is 14.2 Å². The fourth-order valence-corrected chi connectivity index (χ4v) is 9.72. The Bertz CT molecular complexity index is 1360. The molecule has 6 nitrogen and oxygen atoms in total. The van der Waals surface area contributed by atoms with Crippen molar-refractivity contribution in [1.29, 1.82) is 0 Å². The van der Waals surface area contributed by atoms with E-state index in [4.69, 9.17) is 14.2 Å². The maximum absolute atomic E-state index is 12.9. The van der Waals surface area contributed by atoms with Crippen molar-refractivity contribution in [2.75, 3.05) is 13.2 Å². The molecule has 0 saturated carbocycles. The Morgan fingerprint density at radius 3 is 0.750 bits per heavy atom. The van der Waals surface area contributed by atoms with Gasteiger partial charge in [0, 0.05) is 19.3 Å². The highest BCUT2D eigenvalue weighted by Gasteiger charge is 2.19. The van der Waals surface area contributed by atoms with E-state index in [9.17, 15) is 14.4 Å². The highest BCUT2D eigenvalue weighted by atomic mass is 16.6. The van der Waals surface area contributed by atoms with Crippen LogP contribution >= 0.6 is 0 Å². The van der Waals surface area contributed by atoms with Gasteiger partial charge in [-0.05, 0) is 89.9 Å². The number of carbonyl (C=O) groups is 3. The van der Waals surface area contributed by atoms with E-state index in [1.54, 1.807) is 0 Å². The second-order valence-electron chi connectivity index (χ2n) is 22.4. The fourth-order valence-electron chi connectivity index (χ4n) is 9.72. The smallest absolute Gasteiger partial charge is 0.306 e. The van der Waals surface area contributed by atoms with Crippen LogP contribution in [0.2, 0.25) is 0 Å². The van der Waals surface area contributed by atoms with E-state index in [0.717, 1.165) is 83.5 Å². The molecule has 0 heterocycles. The molecule has 76 heavy (non-hydrogen) atoms. The molecule has 0 aliphatic rings. The van der Waals surface area contributed by atoms with E-state index in [0.29, 0.717) is 19.3 Å². The Morgan fingerprint density at radius 1 is 0.263 bits per heavy atom. The Labute approximate surface area is 472 Å². The molecular weight excluding hydrogens is 937 g/mol. The van der Waals surface area contributed by atoms with Crippen LogP contribution in [0.15, 0.2) is 60.8 Å². The van der Waals surface area contributed by atoms with Crippen molar-refractivity contribution in [3.63, 3.8) is 0 Å². The topological polar surface area (TPSA) is 78.9 Å². The number of unbranched alkanes of at least 4 members (excludes halogenated alkanes) is 40. The summed E-state index contributed by atoms with van der Waals surface area (Å²) >= 11 is 0. The highest BCUT2D eigenvalue weighted by Crippen LogP contribution is 2.17. The summed E-state index contributed by atoms with van der Waals surface area (Å²) in [5.74, 6) is -0.865. The first kappa shape index (κ1) is 73.1. The molecule has 0 bridgehead atoms. The van der Waals surface area contributed by atoms with E-state index in [1.165, 1.54) is 225 Å². The van der Waals surface area contributed by atoms with Crippen molar-refractivity contribution in [3.05, 3.63) is 60.8 Å². The zero-order valence-corrected chi connectivity index (χ0v) is 50.8. The molecule has 0 radical (unpaired) electrons. The van der Waals surface area contributed by atoms with Crippen molar-refractivity contribution < 1.29 is 28.6 Å². The molecule has 0 aliphatic heterocycles. The summed E-state index contributed by atoms with van der Waals surface area (Å²) in [5.41, 5.74) is 0. The number of carbonyl (C=O) groups excluding carboxylic acids is 3. The Hall–Kier alpha value is -2.89. The van der Waals surface area contributed by atoms with Crippen molar-refractivity contribution in [2.24, 2.45) is 0 Å². The van der Waals surface area contributed by atoms with Crippen molar-refractivity contribution >= 4 is 17.9 Å². The average Bonchev–Trinajstić information content (AvgIpc) is 3.42. The van der Waals surface area contributed by atoms with Gasteiger partial charge in [-0.25, -0.2) is 0 Å². The lowest BCUT2D eigenvalue weighted by atomic mass is 10.0. The monoisotopic (exact) mass is 1060 g/mol. The quantitative estimate of drug-likeness (QED) is 0.0261. The normalized spacial score (nSPS) is 12.4. The fraction of sp³-hybridized carbons (Fsp3) is 0.814. The summed E-state index contributed by atoms with van der Waals surface area (Å²) in [6, 6.07) is 0. The third-order valence-electron chi connectivity index (χ3n) is 14.7. The van der Waals surface area contributed by atoms with Gasteiger partial charge in [0.05, 0.1) is 0 Å². The van der Waals surface area contributed by atoms with Crippen LogP contribution in [0.25, 0.3) is 0 Å². The number of ether oxygens (including phenoxy) is 3. The molecule has 0 aromatic carbocycles.